The number of aromatic hydroxyl groups is 1. The van der Waals surface area contributed by atoms with Crippen molar-refractivity contribution in [2.24, 2.45) is 0 Å². The van der Waals surface area contributed by atoms with E-state index in [0.29, 0.717) is 11.7 Å². The van der Waals surface area contributed by atoms with Crippen LogP contribution in [-0.2, 0) is 0 Å². The van der Waals surface area contributed by atoms with Crippen LogP contribution in [0.3, 0.4) is 0 Å². The molecule has 0 spiro atoms. The number of benzene rings is 1. The third-order valence-electron chi connectivity index (χ3n) is 3.10. The van der Waals surface area contributed by atoms with E-state index in [1.165, 1.54) is 5.56 Å². The van der Waals surface area contributed by atoms with Crippen molar-refractivity contribution in [2.45, 2.75) is 59.4 Å². The predicted molar refractivity (Wildman–Crippen MR) is 74.9 cm³/mol. The van der Waals surface area contributed by atoms with Gasteiger partial charge in [0.2, 0.25) is 0 Å². The summed E-state index contributed by atoms with van der Waals surface area (Å²) in [6.45, 7) is 12.6. The normalized spacial score (nSPS) is 20.7. The van der Waals surface area contributed by atoms with Crippen LogP contribution in [0.5, 0.6) is 5.75 Å². The van der Waals surface area contributed by atoms with Crippen LogP contribution in [0.1, 0.15) is 58.1 Å². The zero-order chi connectivity index (χ0) is 13.2. The molecule has 0 saturated heterocycles. The van der Waals surface area contributed by atoms with E-state index >= 15 is 0 Å². The summed E-state index contributed by atoms with van der Waals surface area (Å²) in [5, 5.41) is 13.3. The maximum absolute atomic E-state index is 9.92. The molecule has 1 aromatic rings. The van der Waals surface area contributed by atoms with Gasteiger partial charge in [-0.05, 0) is 50.3 Å². The first-order valence-electron chi connectivity index (χ1n) is 6.51. The van der Waals surface area contributed by atoms with E-state index in [4.69, 9.17) is 0 Å². The molecule has 1 aromatic carbocycles. The van der Waals surface area contributed by atoms with Crippen molar-refractivity contribution in [1.82, 2.24) is 0 Å². The summed E-state index contributed by atoms with van der Waals surface area (Å²) in [5.74, 6) is 0.881. The highest BCUT2D eigenvalue weighted by Gasteiger charge is 2.30. The van der Waals surface area contributed by atoms with Gasteiger partial charge in [-0.1, -0.05) is 26.8 Å². The average Bonchev–Trinajstić information content (AvgIpc) is 2.22. The number of hydrogen-bond acceptors (Lipinski definition) is 2. The number of anilines is 1. The van der Waals surface area contributed by atoms with Crippen molar-refractivity contribution in [2.75, 3.05) is 5.32 Å². The van der Waals surface area contributed by atoms with Crippen molar-refractivity contribution in [3.05, 3.63) is 23.3 Å². The molecule has 1 aliphatic heterocycles. The maximum atomic E-state index is 9.92. The number of aryl methyl sites for hydroxylation is 1. The Morgan fingerprint density at radius 3 is 2.47 bits per heavy atom. The van der Waals surface area contributed by atoms with Gasteiger partial charge < -0.3 is 10.4 Å². The van der Waals surface area contributed by atoms with Gasteiger partial charge >= 0.3 is 0 Å². The van der Waals surface area contributed by atoms with E-state index in [9.17, 15) is 5.11 Å². The van der Waals surface area contributed by atoms with Crippen LogP contribution >= 0.6 is 0 Å². The zero-order valence-electron chi connectivity index (χ0n) is 11.9. The van der Waals surface area contributed by atoms with E-state index < -0.39 is 0 Å². The van der Waals surface area contributed by atoms with Crippen LogP contribution < -0.4 is 5.32 Å². The first-order chi connectivity index (χ1) is 7.89. The first kappa shape index (κ1) is 13.9. The molecule has 0 aliphatic carbocycles. The van der Waals surface area contributed by atoms with Crippen LogP contribution in [0.2, 0.25) is 0 Å². The fourth-order valence-corrected chi connectivity index (χ4v) is 2.58. The quantitative estimate of drug-likeness (QED) is 0.652. The molecule has 0 amide bonds. The summed E-state index contributed by atoms with van der Waals surface area (Å²) in [5.41, 5.74) is 3.36. The average molecular weight is 235 g/mol. The first-order valence-corrected chi connectivity index (χ1v) is 6.51. The fraction of sp³-hybridized carbons (Fsp3) is 0.600. The standard InChI is InChI=1S/C13H19NO.C2H6/c1-8-5-10-9(2)7-13(3,4)14-12(10)11(15)6-8;1-2/h5-6,9,14-15H,7H2,1-4H3;1-2H3/t9-;/m0./s1. The molecule has 0 radical (unpaired) electrons. The number of rotatable bonds is 0. The number of fused-ring (bicyclic) bond motifs is 1. The van der Waals surface area contributed by atoms with Gasteiger partial charge in [0.05, 0.1) is 5.69 Å². The second kappa shape index (κ2) is 4.99. The van der Waals surface area contributed by atoms with Crippen molar-refractivity contribution in [1.29, 1.82) is 0 Å². The highest BCUT2D eigenvalue weighted by atomic mass is 16.3. The van der Waals surface area contributed by atoms with Gasteiger partial charge in [-0.15, -0.1) is 0 Å². The summed E-state index contributed by atoms with van der Waals surface area (Å²) in [6, 6.07) is 3.99. The highest BCUT2D eigenvalue weighted by molar-refractivity contribution is 5.66. The van der Waals surface area contributed by atoms with Gasteiger partial charge in [-0.3, -0.25) is 0 Å². The largest absolute Gasteiger partial charge is 0.506 e. The predicted octanol–water partition coefficient (Wildman–Crippen LogP) is 4.42. The minimum atomic E-state index is 0.0686. The maximum Gasteiger partial charge on any atom is 0.139 e. The van der Waals surface area contributed by atoms with Crippen LogP contribution in [-0.4, -0.2) is 10.6 Å². The lowest BCUT2D eigenvalue weighted by Crippen LogP contribution is -2.36. The molecule has 0 fully saturated rings. The van der Waals surface area contributed by atoms with Crippen molar-refractivity contribution in [3.63, 3.8) is 0 Å². The molecule has 1 heterocycles. The van der Waals surface area contributed by atoms with Gasteiger partial charge in [0, 0.05) is 5.54 Å². The van der Waals surface area contributed by atoms with Gasteiger partial charge in [-0.2, -0.15) is 0 Å². The minimum absolute atomic E-state index is 0.0686. The molecule has 2 N–H and O–H groups in total. The molecule has 0 aromatic heterocycles. The molecule has 2 nitrogen and oxygen atoms in total. The van der Waals surface area contributed by atoms with Crippen LogP contribution in [0.4, 0.5) is 5.69 Å². The molecular formula is C15H25NO. The van der Waals surface area contributed by atoms with Gasteiger partial charge in [-0.25, -0.2) is 0 Å². The van der Waals surface area contributed by atoms with Gasteiger partial charge in [0.15, 0.2) is 0 Å². The Hall–Kier alpha value is -1.18. The Bertz CT molecular complexity index is 396. The molecule has 1 aliphatic rings. The van der Waals surface area contributed by atoms with Crippen LogP contribution in [0, 0.1) is 6.92 Å². The molecule has 0 saturated carbocycles. The van der Waals surface area contributed by atoms with Crippen molar-refractivity contribution < 1.29 is 5.11 Å². The lowest BCUT2D eigenvalue weighted by atomic mass is 9.81. The number of nitrogens with one attached hydrogen (secondary N) is 1. The summed E-state index contributed by atoms with van der Waals surface area (Å²) in [7, 11) is 0. The second-order valence-electron chi connectivity index (χ2n) is 5.36. The summed E-state index contributed by atoms with van der Waals surface area (Å²) < 4.78 is 0. The van der Waals surface area contributed by atoms with E-state index in [2.05, 4.69) is 32.2 Å². The SMILES string of the molecule is CC.Cc1cc(O)c2c(c1)[C@@H](C)CC(C)(C)N2. The van der Waals surface area contributed by atoms with Crippen LogP contribution in [0.15, 0.2) is 12.1 Å². The monoisotopic (exact) mass is 235 g/mol. The lowest BCUT2D eigenvalue weighted by molar-refractivity contribution is 0.434. The molecule has 0 bridgehead atoms. The molecule has 96 valence electrons. The highest BCUT2D eigenvalue weighted by Crippen LogP contribution is 2.43. The van der Waals surface area contributed by atoms with Gasteiger partial charge in [0.1, 0.15) is 5.75 Å². The number of hydrogen-bond donors (Lipinski definition) is 2. The van der Waals surface area contributed by atoms with Crippen molar-refractivity contribution >= 4 is 5.69 Å². The molecule has 2 rings (SSSR count). The fourth-order valence-electron chi connectivity index (χ4n) is 2.58. The Kier molecular flexibility index (Phi) is 4.07. The van der Waals surface area contributed by atoms with Crippen LogP contribution in [0.25, 0.3) is 0 Å². The number of phenolic OH excluding ortho intramolecular Hbond substituents is 1. The minimum Gasteiger partial charge on any atom is -0.506 e. The molecule has 0 unspecified atom stereocenters. The zero-order valence-corrected chi connectivity index (χ0v) is 11.9. The Morgan fingerprint density at radius 1 is 1.29 bits per heavy atom. The Balaban J connectivity index is 0.000000686. The van der Waals surface area contributed by atoms with E-state index in [1.807, 2.05) is 26.8 Å². The van der Waals surface area contributed by atoms with E-state index in [0.717, 1.165) is 17.7 Å². The van der Waals surface area contributed by atoms with Crippen molar-refractivity contribution in [3.8, 4) is 5.75 Å². The van der Waals surface area contributed by atoms with E-state index in [-0.39, 0.29) is 5.54 Å². The Morgan fingerprint density at radius 2 is 1.88 bits per heavy atom. The lowest BCUT2D eigenvalue weighted by Gasteiger charge is -2.38. The molecule has 2 heteroatoms. The molecule has 17 heavy (non-hydrogen) atoms. The third kappa shape index (κ3) is 2.93. The summed E-state index contributed by atoms with van der Waals surface area (Å²) in [4.78, 5) is 0. The second-order valence-corrected chi connectivity index (χ2v) is 5.36. The summed E-state index contributed by atoms with van der Waals surface area (Å²) >= 11 is 0. The van der Waals surface area contributed by atoms with E-state index in [1.54, 1.807) is 0 Å². The van der Waals surface area contributed by atoms with Gasteiger partial charge in [0.25, 0.3) is 0 Å². The molecular weight excluding hydrogens is 210 g/mol. The smallest absolute Gasteiger partial charge is 0.139 e. The molecule has 1 atom stereocenters. The summed E-state index contributed by atoms with van der Waals surface area (Å²) in [6.07, 6.45) is 1.10. The Labute approximate surface area is 105 Å². The third-order valence-corrected chi connectivity index (χ3v) is 3.10. The number of phenols is 1. The topological polar surface area (TPSA) is 32.3 Å².